The first kappa shape index (κ1) is 24.2. The van der Waals surface area contributed by atoms with Crippen LogP contribution in [-0.4, -0.2) is 48.2 Å². The summed E-state index contributed by atoms with van der Waals surface area (Å²) in [5, 5.41) is 11.2. The quantitative estimate of drug-likeness (QED) is 0.413. The molecule has 186 valence electrons. The van der Waals surface area contributed by atoms with Gasteiger partial charge in [-0.3, -0.25) is 14.5 Å². The zero-order valence-electron chi connectivity index (χ0n) is 20.1. The number of nitrogens with zero attached hydrogens (tertiary/aromatic N) is 1. The number of hydrogen-bond acceptors (Lipinski definition) is 7. The lowest BCUT2D eigenvalue weighted by Gasteiger charge is -2.31. The second-order valence-corrected chi connectivity index (χ2v) is 10.6. The molecule has 7 nitrogen and oxygen atoms in total. The second-order valence-electron chi connectivity index (χ2n) is 9.59. The molecule has 0 bridgehead atoms. The van der Waals surface area contributed by atoms with Gasteiger partial charge in [-0.25, -0.2) is 0 Å². The lowest BCUT2D eigenvalue weighted by Crippen LogP contribution is -2.35. The van der Waals surface area contributed by atoms with Crippen molar-refractivity contribution in [2.24, 2.45) is 17.8 Å². The van der Waals surface area contributed by atoms with E-state index in [0.717, 1.165) is 34.6 Å². The van der Waals surface area contributed by atoms with Crippen LogP contribution in [0.4, 0.5) is 0 Å². The molecule has 3 aliphatic rings. The van der Waals surface area contributed by atoms with Gasteiger partial charge in [0.25, 0.3) is 0 Å². The summed E-state index contributed by atoms with van der Waals surface area (Å²) in [6, 6.07) is 7.52. The first-order valence-electron chi connectivity index (χ1n) is 12.1. The van der Waals surface area contributed by atoms with E-state index in [-0.39, 0.29) is 42.3 Å². The fraction of sp³-hybridized carbons (Fsp3) is 0.481. The summed E-state index contributed by atoms with van der Waals surface area (Å²) in [6.07, 6.45) is 4.04. The van der Waals surface area contributed by atoms with E-state index < -0.39 is 0 Å². The summed E-state index contributed by atoms with van der Waals surface area (Å²) >= 11 is 1.56. The third-order valence-electron chi connectivity index (χ3n) is 7.34. The fourth-order valence-corrected chi connectivity index (χ4v) is 6.48. The third kappa shape index (κ3) is 4.68. The molecule has 0 saturated carbocycles. The summed E-state index contributed by atoms with van der Waals surface area (Å²) in [5.74, 6) is 0.382. The second kappa shape index (κ2) is 10.2. The Labute approximate surface area is 209 Å². The van der Waals surface area contributed by atoms with Gasteiger partial charge in [-0.15, -0.1) is 11.3 Å². The Morgan fingerprint density at radius 2 is 2.11 bits per heavy atom. The van der Waals surface area contributed by atoms with Crippen LogP contribution in [-0.2, 0) is 32.2 Å². The van der Waals surface area contributed by atoms with Gasteiger partial charge >= 0.3 is 0 Å². The molecule has 2 aliphatic heterocycles. The van der Waals surface area contributed by atoms with E-state index in [1.54, 1.807) is 24.5 Å². The maximum absolute atomic E-state index is 13.4. The van der Waals surface area contributed by atoms with Crippen LogP contribution in [0.3, 0.4) is 0 Å². The Hall–Kier alpha value is -2.52. The molecule has 4 heterocycles. The highest BCUT2D eigenvalue weighted by molar-refractivity contribution is 7.09. The van der Waals surface area contributed by atoms with Gasteiger partial charge in [-0.05, 0) is 67.0 Å². The largest absolute Gasteiger partial charge is 0.459 e. The number of likely N-dealkylation sites (tertiary alicyclic amines) is 1. The number of carbonyl (C=O) groups excluding carboxylic acids is 2. The zero-order valence-corrected chi connectivity index (χ0v) is 20.9. The molecule has 4 atom stereocenters. The first-order chi connectivity index (χ1) is 17.0. The van der Waals surface area contributed by atoms with Crippen LogP contribution in [0.5, 0.6) is 0 Å². The summed E-state index contributed by atoms with van der Waals surface area (Å²) < 4.78 is 17.3. The van der Waals surface area contributed by atoms with Crippen molar-refractivity contribution in [1.82, 2.24) is 4.90 Å². The average molecular weight is 498 g/mol. The van der Waals surface area contributed by atoms with Crippen LogP contribution >= 0.6 is 11.3 Å². The van der Waals surface area contributed by atoms with Gasteiger partial charge in [0.15, 0.2) is 0 Å². The number of furan rings is 1. The molecule has 0 aromatic carbocycles. The molecule has 1 N–H and O–H groups in total. The molecule has 2 aromatic rings. The number of allylic oxidation sites excluding steroid dienone is 1. The molecule has 0 radical (unpaired) electrons. The predicted molar refractivity (Wildman–Crippen MR) is 131 cm³/mol. The van der Waals surface area contributed by atoms with Crippen molar-refractivity contribution in [2.75, 3.05) is 20.3 Å². The number of methoxy groups -OCH3 is 1. The van der Waals surface area contributed by atoms with E-state index in [9.17, 15) is 14.7 Å². The minimum Gasteiger partial charge on any atom is -0.459 e. The highest BCUT2D eigenvalue weighted by Gasteiger charge is 2.56. The van der Waals surface area contributed by atoms with Crippen molar-refractivity contribution >= 4 is 29.2 Å². The molecule has 2 fully saturated rings. The molecule has 2 aromatic heterocycles. The molecule has 2 amide bonds. The number of aliphatic hydroxyl groups is 1. The maximum Gasteiger partial charge on any atom is 0.234 e. The Morgan fingerprint density at radius 3 is 2.83 bits per heavy atom. The number of fused-ring (bicyclic) bond motifs is 3. The lowest BCUT2D eigenvalue weighted by atomic mass is 9.69. The fourth-order valence-electron chi connectivity index (χ4n) is 5.79. The number of hydrogen-bond donors (Lipinski definition) is 1. The Kier molecular flexibility index (Phi) is 7.07. The minimum atomic E-state index is -0.347. The number of imide groups is 1. The highest BCUT2D eigenvalue weighted by atomic mass is 32.1. The summed E-state index contributed by atoms with van der Waals surface area (Å²) in [6.45, 7) is 3.20. The molecule has 1 aliphatic carbocycles. The van der Waals surface area contributed by atoms with Gasteiger partial charge in [-0.1, -0.05) is 11.6 Å². The van der Waals surface area contributed by atoms with Crippen LogP contribution in [0.25, 0.3) is 6.08 Å². The molecule has 2 saturated heterocycles. The first-order valence-corrected chi connectivity index (χ1v) is 12.9. The molecule has 35 heavy (non-hydrogen) atoms. The van der Waals surface area contributed by atoms with E-state index in [2.05, 4.69) is 6.92 Å². The van der Waals surface area contributed by atoms with Gasteiger partial charge in [-0.2, -0.15) is 0 Å². The van der Waals surface area contributed by atoms with Gasteiger partial charge in [0.1, 0.15) is 18.1 Å². The normalized spacial score (nSPS) is 26.6. The number of amides is 2. The van der Waals surface area contributed by atoms with Crippen LogP contribution in [0.1, 0.15) is 42.6 Å². The smallest absolute Gasteiger partial charge is 0.234 e. The van der Waals surface area contributed by atoms with Crippen LogP contribution in [0.15, 0.2) is 50.8 Å². The van der Waals surface area contributed by atoms with Crippen molar-refractivity contribution < 1.29 is 28.6 Å². The monoisotopic (exact) mass is 497 g/mol. The van der Waals surface area contributed by atoms with Crippen LogP contribution in [0.2, 0.25) is 0 Å². The van der Waals surface area contributed by atoms with Gasteiger partial charge < -0.3 is 19.0 Å². The standard InChI is InChI=1S/C27H31NO6S/c1-16(10-18-6-7-19(13-29)34-18)5-8-23-24-17(14-32-2)11-21-25(22(24)15-33-23)27(31)28(26(21)30)12-20-4-3-9-35-20/h3-4,6-7,9-10,21-23,25,29H,5,8,11-15H2,1-2H3/b16-10+/t21-,22+,23-,25-/m1/s1. The highest BCUT2D eigenvalue weighted by Crippen LogP contribution is 2.50. The number of rotatable bonds is 9. The Bertz CT molecular complexity index is 1150. The van der Waals surface area contributed by atoms with Gasteiger partial charge in [0.2, 0.25) is 11.8 Å². The molecular weight excluding hydrogens is 466 g/mol. The zero-order chi connectivity index (χ0) is 24.5. The van der Waals surface area contributed by atoms with Gasteiger partial charge in [0, 0.05) is 17.9 Å². The molecule has 5 rings (SSSR count). The van der Waals surface area contributed by atoms with Crippen LogP contribution < -0.4 is 0 Å². The van der Waals surface area contributed by atoms with E-state index in [1.165, 1.54) is 10.5 Å². The third-order valence-corrected chi connectivity index (χ3v) is 8.20. The lowest BCUT2D eigenvalue weighted by molar-refractivity contribution is -0.140. The molecular formula is C27H31NO6S. The van der Waals surface area contributed by atoms with E-state index in [4.69, 9.17) is 13.9 Å². The summed E-state index contributed by atoms with van der Waals surface area (Å²) in [5.41, 5.74) is 3.42. The topological polar surface area (TPSA) is 89.2 Å². The van der Waals surface area contributed by atoms with Crippen molar-refractivity contribution in [3.05, 3.63) is 62.8 Å². The number of thiophene rings is 1. The SMILES string of the molecule is COCC1=C2[C@@H](CC/C(C)=C/c3ccc(CO)o3)OC[C@@H]2[C@@H]2C(=O)N(Cc3cccs3)C(=O)[C@@H]2C1. The maximum atomic E-state index is 13.4. The van der Waals surface area contributed by atoms with Crippen molar-refractivity contribution in [1.29, 1.82) is 0 Å². The molecule has 0 unspecified atom stereocenters. The van der Waals surface area contributed by atoms with E-state index in [1.807, 2.05) is 29.7 Å². The molecule has 8 heteroatoms. The van der Waals surface area contributed by atoms with Gasteiger partial charge in [0.05, 0.1) is 37.7 Å². The summed E-state index contributed by atoms with van der Waals surface area (Å²) in [7, 11) is 1.67. The Morgan fingerprint density at radius 1 is 1.26 bits per heavy atom. The minimum absolute atomic E-state index is 0.0646. The number of carbonyl (C=O) groups is 2. The van der Waals surface area contributed by atoms with Crippen molar-refractivity contribution in [3.8, 4) is 0 Å². The van der Waals surface area contributed by atoms with Crippen molar-refractivity contribution in [2.45, 2.75) is 45.4 Å². The van der Waals surface area contributed by atoms with E-state index in [0.29, 0.717) is 31.9 Å². The predicted octanol–water partition coefficient (Wildman–Crippen LogP) is 4.18. The van der Waals surface area contributed by atoms with E-state index >= 15 is 0 Å². The molecule has 0 spiro atoms. The average Bonchev–Trinajstić information content (AvgIpc) is 3.64. The van der Waals surface area contributed by atoms with Crippen molar-refractivity contribution in [3.63, 3.8) is 0 Å². The summed E-state index contributed by atoms with van der Waals surface area (Å²) in [4.78, 5) is 29.2. The van der Waals surface area contributed by atoms with Crippen LogP contribution in [0, 0.1) is 17.8 Å². The number of aliphatic hydroxyl groups excluding tert-OH is 1. The number of ether oxygens (including phenoxy) is 2. The Balaban J connectivity index is 1.33.